The molecule has 0 saturated carbocycles. The quantitative estimate of drug-likeness (QED) is 0.795. The first-order valence-electron chi connectivity index (χ1n) is 3.85. The maximum Gasteiger partial charge on any atom is 0.148 e. The molecule has 68 valence electrons. The number of para-hydroxylation sites is 1. The molecule has 0 spiro atoms. The summed E-state index contributed by atoms with van der Waals surface area (Å²) in [6, 6.07) is 7.72. The summed E-state index contributed by atoms with van der Waals surface area (Å²) in [7, 11) is 0. The molecule has 1 aromatic carbocycles. The van der Waals surface area contributed by atoms with Gasteiger partial charge in [-0.3, -0.25) is 0 Å². The summed E-state index contributed by atoms with van der Waals surface area (Å²) in [5.74, 6) is 0.712. The van der Waals surface area contributed by atoms with E-state index in [1.54, 1.807) is 0 Å². The van der Waals surface area contributed by atoms with Gasteiger partial charge in [0.05, 0.1) is 11.0 Å². The van der Waals surface area contributed by atoms with Gasteiger partial charge < -0.3 is 9.62 Å². The molecule has 0 aliphatic heterocycles. The smallest absolute Gasteiger partial charge is 0.148 e. The van der Waals surface area contributed by atoms with Gasteiger partial charge >= 0.3 is 0 Å². The highest BCUT2D eigenvalue weighted by Crippen LogP contribution is 2.26. The van der Waals surface area contributed by atoms with Crippen molar-refractivity contribution in [3.05, 3.63) is 34.5 Å². The topological polar surface area (TPSA) is 45.4 Å². The molecule has 13 heavy (non-hydrogen) atoms. The van der Waals surface area contributed by atoms with E-state index in [4.69, 9.17) is 9.62 Å². The SMILES string of the molecule is ONCc1cc2cccc(Br)c2o1. The van der Waals surface area contributed by atoms with Crippen LogP contribution in [0.25, 0.3) is 11.0 Å². The molecule has 2 N–H and O–H groups in total. The molecule has 0 atom stereocenters. The van der Waals surface area contributed by atoms with Crippen molar-refractivity contribution in [1.82, 2.24) is 5.48 Å². The van der Waals surface area contributed by atoms with Crippen molar-refractivity contribution in [3.8, 4) is 0 Å². The molecule has 2 aromatic rings. The predicted octanol–water partition coefficient (Wildman–Crippen LogP) is 2.67. The zero-order chi connectivity index (χ0) is 9.26. The molecule has 0 amide bonds. The Bertz CT molecular complexity index is 424. The fourth-order valence-electron chi connectivity index (χ4n) is 1.25. The van der Waals surface area contributed by atoms with Gasteiger partial charge in [0.15, 0.2) is 0 Å². The summed E-state index contributed by atoms with van der Waals surface area (Å²) in [6.45, 7) is 0.321. The predicted molar refractivity (Wildman–Crippen MR) is 52.5 cm³/mol. The van der Waals surface area contributed by atoms with Gasteiger partial charge in [0.2, 0.25) is 0 Å². The van der Waals surface area contributed by atoms with Gasteiger partial charge in [0.25, 0.3) is 0 Å². The number of halogens is 1. The monoisotopic (exact) mass is 241 g/mol. The Labute approximate surface area is 83.4 Å². The zero-order valence-electron chi connectivity index (χ0n) is 6.75. The summed E-state index contributed by atoms with van der Waals surface area (Å²) in [5, 5.41) is 9.52. The molecule has 0 unspecified atom stereocenters. The lowest BCUT2D eigenvalue weighted by molar-refractivity contribution is 0.154. The van der Waals surface area contributed by atoms with Gasteiger partial charge in [0, 0.05) is 5.39 Å². The lowest BCUT2D eigenvalue weighted by Crippen LogP contribution is -2.04. The molecule has 2 rings (SSSR count). The summed E-state index contributed by atoms with van der Waals surface area (Å²) in [5.41, 5.74) is 2.87. The van der Waals surface area contributed by atoms with Crippen molar-refractivity contribution in [2.45, 2.75) is 6.54 Å². The third-order valence-electron chi connectivity index (χ3n) is 1.80. The first kappa shape index (κ1) is 8.74. The van der Waals surface area contributed by atoms with Crippen LogP contribution in [0.4, 0.5) is 0 Å². The Morgan fingerprint density at radius 1 is 1.46 bits per heavy atom. The van der Waals surface area contributed by atoms with Gasteiger partial charge in [0.1, 0.15) is 11.3 Å². The van der Waals surface area contributed by atoms with E-state index < -0.39 is 0 Å². The Morgan fingerprint density at radius 2 is 2.31 bits per heavy atom. The van der Waals surface area contributed by atoms with Crippen molar-refractivity contribution < 1.29 is 9.62 Å². The highest BCUT2D eigenvalue weighted by molar-refractivity contribution is 9.10. The van der Waals surface area contributed by atoms with E-state index in [1.807, 2.05) is 24.3 Å². The Kier molecular flexibility index (Phi) is 2.35. The van der Waals surface area contributed by atoms with Crippen LogP contribution in [0.2, 0.25) is 0 Å². The van der Waals surface area contributed by atoms with Crippen LogP contribution < -0.4 is 5.48 Å². The third-order valence-corrected chi connectivity index (χ3v) is 2.42. The normalized spacial score (nSPS) is 10.9. The third kappa shape index (κ3) is 1.60. The van der Waals surface area contributed by atoms with E-state index in [0.717, 1.165) is 15.4 Å². The maximum absolute atomic E-state index is 8.49. The minimum atomic E-state index is 0.321. The van der Waals surface area contributed by atoms with Gasteiger partial charge in [-0.1, -0.05) is 12.1 Å². The summed E-state index contributed by atoms with van der Waals surface area (Å²) >= 11 is 3.38. The molecule has 1 aromatic heterocycles. The maximum atomic E-state index is 8.49. The highest BCUT2D eigenvalue weighted by Gasteiger charge is 2.05. The second-order valence-corrected chi connectivity index (χ2v) is 3.56. The molecular formula is C9H8BrNO2. The molecular weight excluding hydrogens is 234 g/mol. The standard InChI is InChI=1S/C9H8BrNO2/c10-8-3-1-2-6-4-7(5-11-12)13-9(6)8/h1-4,11-12H,5H2. The molecule has 0 aliphatic carbocycles. The van der Waals surface area contributed by atoms with Crippen LogP contribution in [0.15, 0.2) is 33.2 Å². The Balaban J connectivity index is 2.55. The second kappa shape index (κ2) is 3.49. The van der Waals surface area contributed by atoms with E-state index >= 15 is 0 Å². The molecule has 0 radical (unpaired) electrons. The zero-order valence-corrected chi connectivity index (χ0v) is 8.34. The van der Waals surface area contributed by atoms with Gasteiger partial charge in [-0.15, -0.1) is 0 Å². The van der Waals surface area contributed by atoms with Crippen molar-refractivity contribution in [2.75, 3.05) is 0 Å². The van der Waals surface area contributed by atoms with Crippen LogP contribution >= 0.6 is 15.9 Å². The van der Waals surface area contributed by atoms with Gasteiger partial charge in [-0.25, -0.2) is 0 Å². The number of hydrogen-bond donors (Lipinski definition) is 2. The molecule has 0 saturated heterocycles. The second-order valence-electron chi connectivity index (χ2n) is 2.71. The van der Waals surface area contributed by atoms with E-state index in [0.29, 0.717) is 12.3 Å². The minimum absolute atomic E-state index is 0.321. The lowest BCUT2D eigenvalue weighted by Gasteiger charge is -1.91. The number of benzene rings is 1. The number of fused-ring (bicyclic) bond motifs is 1. The van der Waals surface area contributed by atoms with E-state index in [9.17, 15) is 0 Å². The lowest BCUT2D eigenvalue weighted by atomic mass is 10.2. The summed E-state index contributed by atoms with van der Waals surface area (Å²) < 4.78 is 6.40. The first-order valence-corrected chi connectivity index (χ1v) is 4.64. The number of rotatable bonds is 2. The van der Waals surface area contributed by atoms with E-state index in [-0.39, 0.29) is 0 Å². The Hall–Kier alpha value is -0.840. The molecule has 3 nitrogen and oxygen atoms in total. The largest absolute Gasteiger partial charge is 0.458 e. The van der Waals surface area contributed by atoms with Crippen LogP contribution in [-0.2, 0) is 6.54 Å². The molecule has 1 heterocycles. The molecule has 0 bridgehead atoms. The summed E-state index contributed by atoms with van der Waals surface area (Å²) in [4.78, 5) is 0. The molecule has 4 heteroatoms. The highest BCUT2D eigenvalue weighted by atomic mass is 79.9. The average molecular weight is 242 g/mol. The van der Waals surface area contributed by atoms with Crippen LogP contribution in [0.3, 0.4) is 0 Å². The Morgan fingerprint density at radius 3 is 3.00 bits per heavy atom. The fourth-order valence-corrected chi connectivity index (χ4v) is 1.71. The number of nitrogens with one attached hydrogen (secondary N) is 1. The van der Waals surface area contributed by atoms with Crippen LogP contribution in [-0.4, -0.2) is 5.21 Å². The van der Waals surface area contributed by atoms with Gasteiger partial charge in [-0.2, -0.15) is 5.48 Å². The van der Waals surface area contributed by atoms with Crippen LogP contribution in [0.1, 0.15) is 5.76 Å². The van der Waals surface area contributed by atoms with Crippen molar-refractivity contribution in [2.24, 2.45) is 0 Å². The number of hydroxylamine groups is 1. The van der Waals surface area contributed by atoms with Crippen molar-refractivity contribution in [1.29, 1.82) is 0 Å². The molecule has 0 aliphatic rings. The van der Waals surface area contributed by atoms with Crippen molar-refractivity contribution in [3.63, 3.8) is 0 Å². The van der Waals surface area contributed by atoms with Crippen LogP contribution in [0.5, 0.6) is 0 Å². The minimum Gasteiger partial charge on any atom is -0.458 e. The number of furan rings is 1. The first-order chi connectivity index (χ1) is 6.31. The fraction of sp³-hybridized carbons (Fsp3) is 0.111. The molecule has 0 fully saturated rings. The number of hydrogen-bond acceptors (Lipinski definition) is 3. The summed E-state index contributed by atoms with van der Waals surface area (Å²) in [6.07, 6.45) is 0. The van der Waals surface area contributed by atoms with E-state index in [2.05, 4.69) is 21.4 Å². The average Bonchev–Trinajstić information content (AvgIpc) is 2.49. The van der Waals surface area contributed by atoms with Crippen LogP contribution in [0, 0.1) is 0 Å². The van der Waals surface area contributed by atoms with Crippen molar-refractivity contribution >= 4 is 26.9 Å². The van der Waals surface area contributed by atoms with Gasteiger partial charge in [-0.05, 0) is 28.1 Å². The van der Waals surface area contributed by atoms with E-state index in [1.165, 1.54) is 0 Å².